The summed E-state index contributed by atoms with van der Waals surface area (Å²) in [6, 6.07) is 9.94. The van der Waals surface area contributed by atoms with E-state index >= 15 is 0 Å². The topological polar surface area (TPSA) is 98.2 Å². The molecule has 2 N–H and O–H groups in total. The number of β-amino-alcohol motifs (C(OH)–C–C–N with tert-alkyl or cyclic N) is 1. The number of aromatic amines is 1. The zero-order chi connectivity index (χ0) is 24.6. The number of likely N-dealkylation sites (N-methyl/N-ethyl adjacent to an activating group) is 1. The highest BCUT2D eigenvalue weighted by atomic mass is 16.3. The molecule has 4 aromatic rings. The molecule has 1 fully saturated rings. The first kappa shape index (κ1) is 23.2. The molecule has 4 heterocycles. The summed E-state index contributed by atoms with van der Waals surface area (Å²) in [5, 5.41) is 11.4. The van der Waals surface area contributed by atoms with Crippen molar-refractivity contribution in [3.05, 3.63) is 59.7 Å². The standard InChI is InChI=1S/C27H32N6O2/c1-18-14-21-22(15-19(18)2)31-24(30-21)7-8-25(34)32(3)16-27(35)10-5-13-33(17-27)23-9-12-28-20-6-4-11-29-26(20)23/h4,6,9,11-12,14-15,35H,5,7-8,10,13,16-17H2,1-3H3,(H,30,31)/t27-/m0/s1. The summed E-state index contributed by atoms with van der Waals surface area (Å²) in [6.45, 7) is 5.73. The maximum Gasteiger partial charge on any atom is 0.222 e. The van der Waals surface area contributed by atoms with Crippen LogP contribution in [0.4, 0.5) is 5.69 Å². The molecule has 1 aliphatic rings. The SMILES string of the molecule is Cc1cc2nc(CCC(=O)N(C)C[C@@]3(O)CCCN(c4ccnc5cccnc45)C3)[nH]c2cc1C. The van der Waals surface area contributed by atoms with Crippen LogP contribution in [0.2, 0.25) is 0 Å². The number of nitrogens with zero attached hydrogens (tertiary/aromatic N) is 5. The molecule has 1 amide bonds. The molecule has 0 bridgehead atoms. The number of piperidine rings is 1. The third kappa shape index (κ3) is 4.84. The molecule has 1 atom stereocenters. The number of aliphatic hydroxyl groups is 1. The van der Waals surface area contributed by atoms with Crippen LogP contribution in [0, 0.1) is 13.8 Å². The molecule has 0 saturated carbocycles. The first-order valence-corrected chi connectivity index (χ1v) is 12.2. The first-order valence-electron chi connectivity index (χ1n) is 12.2. The third-order valence-electron chi connectivity index (χ3n) is 7.05. The Morgan fingerprint density at radius 2 is 2.00 bits per heavy atom. The molecule has 1 aliphatic heterocycles. The second kappa shape index (κ2) is 9.26. The van der Waals surface area contributed by atoms with Gasteiger partial charge in [0.05, 0.1) is 34.4 Å². The lowest BCUT2D eigenvalue weighted by Gasteiger charge is -2.42. The number of nitrogens with one attached hydrogen (secondary N) is 1. The Morgan fingerprint density at radius 3 is 2.86 bits per heavy atom. The van der Waals surface area contributed by atoms with Crippen molar-refractivity contribution in [2.24, 2.45) is 0 Å². The Hall–Kier alpha value is -3.52. The quantitative estimate of drug-likeness (QED) is 0.445. The van der Waals surface area contributed by atoms with Crippen LogP contribution in [-0.4, -0.2) is 68.1 Å². The summed E-state index contributed by atoms with van der Waals surface area (Å²) in [7, 11) is 1.77. The van der Waals surface area contributed by atoms with Gasteiger partial charge in [-0.05, 0) is 68.1 Å². The van der Waals surface area contributed by atoms with Gasteiger partial charge in [-0.1, -0.05) is 0 Å². The molecule has 8 heteroatoms. The summed E-state index contributed by atoms with van der Waals surface area (Å²) in [5.74, 6) is 0.811. The highest BCUT2D eigenvalue weighted by molar-refractivity contribution is 5.87. The summed E-state index contributed by atoms with van der Waals surface area (Å²) in [5.41, 5.74) is 6.00. The van der Waals surface area contributed by atoms with E-state index in [-0.39, 0.29) is 12.5 Å². The minimum absolute atomic E-state index is 0.000562. The zero-order valence-corrected chi connectivity index (χ0v) is 20.6. The number of hydrogen-bond donors (Lipinski definition) is 2. The van der Waals surface area contributed by atoms with Crippen LogP contribution in [0.1, 0.15) is 36.2 Å². The number of carbonyl (C=O) groups excluding carboxylic acids is 1. The molecule has 1 aromatic carbocycles. The summed E-state index contributed by atoms with van der Waals surface area (Å²) >= 11 is 0. The maximum atomic E-state index is 12.9. The van der Waals surface area contributed by atoms with Crippen LogP contribution in [0.25, 0.3) is 22.1 Å². The fourth-order valence-corrected chi connectivity index (χ4v) is 5.05. The normalized spacial score (nSPS) is 18.3. The van der Waals surface area contributed by atoms with Gasteiger partial charge >= 0.3 is 0 Å². The van der Waals surface area contributed by atoms with E-state index < -0.39 is 5.60 Å². The Labute approximate surface area is 205 Å². The summed E-state index contributed by atoms with van der Waals surface area (Å²) in [4.78, 5) is 33.6. The average molecular weight is 473 g/mol. The van der Waals surface area contributed by atoms with Crippen LogP contribution in [0.15, 0.2) is 42.7 Å². The number of benzene rings is 1. The van der Waals surface area contributed by atoms with Gasteiger partial charge in [0.25, 0.3) is 0 Å². The Kier molecular flexibility index (Phi) is 6.15. The van der Waals surface area contributed by atoms with E-state index in [1.165, 1.54) is 11.1 Å². The van der Waals surface area contributed by atoms with Gasteiger partial charge in [0.2, 0.25) is 5.91 Å². The lowest BCUT2D eigenvalue weighted by molar-refractivity contribution is -0.133. The minimum Gasteiger partial charge on any atom is -0.386 e. The van der Waals surface area contributed by atoms with Gasteiger partial charge in [0, 0.05) is 45.4 Å². The van der Waals surface area contributed by atoms with Gasteiger partial charge in [0.1, 0.15) is 11.3 Å². The van der Waals surface area contributed by atoms with Crippen molar-refractivity contribution in [1.82, 2.24) is 24.8 Å². The van der Waals surface area contributed by atoms with Crippen molar-refractivity contribution in [2.45, 2.75) is 45.1 Å². The first-order chi connectivity index (χ1) is 16.8. The molecule has 0 radical (unpaired) electrons. The number of pyridine rings is 2. The number of anilines is 1. The van der Waals surface area contributed by atoms with E-state index in [0.29, 0.717) is 25.8 Å². The molecule has 0 unspecified atom stereocenters. The number of fused-ring (bicyclic) bond motifs is 2. The van der Waals surface area contributed by atoms with Gasteiger partial charge in [0.15, 0.2) is 0 Å². The van der Waals surface area contributed by atoms with Gasteiger partial charge in [-0.2, -0.15) is 0 Å². The van der Waals surface area contributed by atoms with Crippen LogP contribution in [0.5, 0.6) is 0 Å². The van der Waals surface area contributed by atoms with Crippen LogP contribution >= 0.6 is 0 Å². The van der Waals surface area contributed by atoms with Crippen LogP contribution in [-0.2, 0) is 11.2 Å². The molecule has 35 heavy (non-hydrogen) atoms. The molecule has 0 spiro atoms. The largest absolute Gasteiger partial charge is 0.386 e. The molecular weight excluding hydrogens is 440 g/mol. The van der Waals surface area contributed by atoms with E-state index in [2.05, 4.69) is 50.8 Å². The zero-order valence-electron chi connectivity index (χ0n) is 20.6. The van der Waals surface area contributed by atoms with Gasteiger partial charge in [-0.3, -0.25) is 14.8 Å². The van der Waals surface area contributed by atoms with Crippen LogP contribution < -0.4 is 4.90 Å². The van der Waals surface area contributed by atoms with Crippen molar-refractivity contribution in [2.75, 3.05) is 31.6 Å². The fourth-order valence-electron chi connectivity index (χ4n) is 5.05. The number of amides is 1. The molecule has 5 rings (SSSR count). The molecule has 182 valence electrons. The smallest absolute Gasteiger partial charge is 0.222 e. The van der Waals surface area contributed by atoms with Gasteiger partial charge in [-0.15, -0.1) is 0 Å². The third-order valence-corrected chi connectivity index (χ3v) is 7.05. The number of H-pyrrole nitrogens is 1. The number of carbonyl (C=O) groups is 1. The molecule has 8 nitrogen and oxygen atoms in total. The van der Waals surface area contributed by atoms with Crippen LogP contribution in [0.3, 0.4) is 0 Å². The van der Waals surface area contributed by atoms with Crippen molar-refractivity contribution in [3.8, 4) is 0 Å². The number of aryl methyl sites for hydroxylation is 3. The predicted molar refractivity (Wildman–Crippen MR) is 137 cm³/mol. The van der Waals surface area contributed by atoms with E-state index in [9.17, 15) is 9.90 Å². The maximum absolute atomic E-state index is 12.9. The summed E-state index contributed by atoms with van der Waals surface area (Å²) in [6.07, 6.45) is 5.92. The monoisotopic (exact) mass is 472 g/mol. The molecule has 0 aliphatic carbocycles. The molecular formula is C27H32N6O2. The highest BCUT2D eigenvalue weighted by Gasteiger charge is 2.36. The van der Waals surface area contributed by atoms with Gasteiger partial charge in [-0.25, -0.2) is 4.98 Å². The van der Waals surface area contributed by atoms with Gasteiger partial charge < -0.3 is 19.9 Å². The van der Waals surface area contributed by atoms with Crippen molar-refractivity contribution in [1.29, 1.82) is 0 Å². The second-order valence-corrected chi connectivity index (χ2v) is 9.84. The summed E-state index contributed by atoms with van der Waals surface area (Å²) < 4.78 is 0. The second-order valence-electron chi connectivity index (χ2n) is 9.84. The lowest BCUT2D eigenvalue weighted by atomic mass is 9.91. The van der Waals surface area contributed by atoms with Crippen molar-refractivity contribution < 1.29 is 9.90 Å². The highest BCUT2D eigenvalue weighted by Crippen LogP contribution is 2.30. The Morgan fingerprint density at radius 1 is 1.17 bits per heavy atom. The predicted octanol–water partition coefficient (Wildman–Crippen LogP) is 3.55. The lowest BCUT2D eigenvalue weighted by Crippen LogP contribution is -2.54. The number of hydrogen-bond acceptors (Lipinski definition) is 6. The minimum atomic E-state index is -0.985. The molecule has 1 saturated heterocycles. The fraction of sp³-hybridized carbons (Fsp3) is 0.407. The van der Waals surface area contributed by atoms with E-state index in [1.807, 2.05) is 18.2 Å². The average Bonchev–Trinajstić information content (AvgIpc) is 3.23. The number of aromatic nitrogens is 4. The van der Waals surface area contributed by atoms with E-state index in [0.717, 1.165) is 46.5 Å². The molecule has 3 aromatic heterocycles. The van der Waals surface area contributed by atoms with Crippen molar-refractivity contribution in [3.63, 3.8) is 0 Å². The number of imidazole rings is 1. The Balaban J connectivity index is 1.23. The number of rotatable bonds is 6. The van der Waals surface area contributed by atoms with Crippen molar-refractivity contribution >= 4 is 33.7 Å². The Bertz CT molecular complexity index is 1340. The van der Waals surface area contributed by atoms with E-state index in [1.54, 1.807) is 24.3 Å². The van der Waals surface area contributed by atoms with E-state index in [4.69, 9.17) is 0 Å².